The quantitative estimate of drug-likeness (QED) is 0.869. The zero-order chi connectivity index (χ0) is 13.2. The summed E-state index contributed by atoms with van der Waals surface area (Å²) in [5, 5.41) is 3.29. The van der Waals surface area contributed by atoms with Crippen LogP contribution >= 0.6 is 0 Å². The van der Waals surface area contributed by atoms with E-state index in [0.29, 0.717) is 12.8 Å². The Labute approximate surface area is 105 Å². The molecule has 0 bridgehead atoms. The van der Waals surface area contributed by atoms with Crippen molar-refractivity contribution >= 4 is 5.69 Å². The summed E-state index contributed by atoms with van der Waals surface area (Å²) in [5.41, 5.74) is 2.00. The van der Waals surface area contributed by atoms with Crippen LogP contribution < -0.4 is 5.32 Å². The van der Waals surface area contributed by atoms with Gasteiger partial charge < -0.3 is 5.32 Å². The average molecular weight is 258 g/mol. The number of halogens is 3. The molecule has 2 rings (SSSR count). The largest absolute Gasteiger partial charge is 0.391 e. The second-order valence-corrected chi connectivity index (χ2v) is 4.93. The molecule has 1 aromatic rings. The van der Waals surface area contributed by atoms with Crippen LogP contribution in [0.15, 0.2) is 18.5 Å². The fourth-order valence-corrected chi connectivity index (χ4v) is 2.40. The highest BCUT2D eigenvalue weighted by Gasteiger charge is 2.41. The Balaban J connectivity index is 1.90. The summed E-state index contributed by atoms with van der Waals surface area (Å²) in [7, 11) is 0. The second kappa shape index (κ2) is 5.16. The smallest absolute Gasteiger partial charge is 0.381 e. The number of alkyl halides is 3. The summed E-state index contributed by atoms with van der Waals surface area (Å²) in [6, 6.07) is 2.02. The summed E-state index contributed by atoms with van der Waals surface area (Å²) in [6.45, 7) is 1.96. The lowest BCUT2D eigenvalue weighted by atomic mass is 9.85. The molecular formula is C13H17F3N2. The van der Waals surface area contributed by atoms with Gasteiger partial charge in [-0.1, -0.05) is 0 Å². The monoisotopic (exact) mass is 258 g/mol. The first kappa shape index (κ1) is 13.2. The van der Waals surface area contributed by atoms with E-state index in [1.165, 1.54) is 0 Å². The number of nitrogens with zero attached hydrogens (tertiary/aromatic N) is 1. The molecule has 5 heteroatoms. The van der Waals surface area contributed by atoms with Gasteiger partial charge in [0.1, 0.15) is 0 Å². The average Bonchev–Trinajstić information content (AvgIpc) is 2.32. The van der Waals surface area contributed by atoms with Crippen molar-refractivity contribution in [1.82, 2.24) is 4.98 Å². The summed E-state index contributed by atoms with van der Waals surface area (Å²) in [6.07, 6.45) is 0.986. The molecule has 0 atom stereocenters. The van der Waals surface area contributed by atoms with Crippen molar-refractivity contribution in [3.05, 3.63) is 24.0 Å². The lowest BCUT2D eigenvalue weighted by Crippen LogP contribution is -2.32. The first-order valence-electron chi connectivity index (χ1n) is 6.20. The Morgan fingerprint density at radius 2 is 1.89 bits per heavy atom. The zero-order valence-electron chi connectivity index (χ0n) is 10.3. The Hall–Kier alpha value is -1.26. The normalized spacial score (nSPS) is 24.9. The summed E-state index contributed by atoms with van der Waals surface area (Å²) < 4.78 is 37.6. The lowest BCUT2D eigenvalue weighted by Gasteiger charge is -2.31. The molecule has 18 heavy (non-hydrogen) atoms. The highest BCUT2D eigenvalue weighted by atomic mass is 19.4. The van der Waals surface area contributed by atoms with Crippen LogP contribution in [0.2, 0.25) is 0 Å². The minimum Gasteiger partial charge on any atom is -0.381 e. The van der Waals surface area contributed by atoms with Gasteiger partial charge in [0, 0.05) is 12.2 Å². The number of anilines is 1. The molecular weight excluding hydrogens is 241 g/mol. The third-order valence-electron chi connectivity index (χ3n) is 3.59. The molecule has 1 N–H and O–H groups in total. The van der Waals surface area contributed by atoms with Gasteiger partial charge in [-0.2, -0.15) is 13.2 Å². The zero-order valence-corrected chi connectivity index (χ0v) is 10.3. The molecule has 0 amide bonds. The van der Waals surface area contributed by atoms with E-state index >= 15 is 0 Å². The van der Waals surface area contributed by atoms with E-state index in [1.807, 2.05) is 13.0 Å². The maximum atomic E-state index is 12.5. The van der Waals surface area contributed by atoms with Crippen LogP contribution in [0.25, 0.3) is 0 Å². The topological polar surface area (TPSA) is 24.9 Å². The van der Waals surface area contributed by atoms with E-state index in [1.54, 1.807) is 12.4 Å². The Morgan fingerprint density at radius 1 is 1.22 bits per heavy atom. The van der Waals surface area contributed by atoms with Gasteiger partial charge in [0.05, 0.1) is 17.8 Å². The third kappa shape index (κ3) is 3.15. The van der Waals surface area contributed by atoms with E-state index in [0.717, 1.165) is 11.3 Å². The number of aryl methyl sites for hydroxylation is 1. The van der Waals surface area contributed by atoms with Crippen molar-refractivity contribution in [3.63, 3.8) is 0 Å². The molecule has 0 saturated heterocycles. The van der Waals surface area contributed by atoms with Gasteiger partial charge in [-0.05, 0) is 44.2 Å². The highest BCUT2D eigenvalue weighted by Crippen LogP contribution is 2.38. The van der Waals surface area contributed by atoms with Gasteiger partial charge in [0.2, 0.25) is 0 Å². The molecule has 0 spiro atoms. The van der Waals surface area contributed by atoms with Gasteiger partial charge in [0.25, 0.3) is 0 Å². The molecule has 1 heterocycles. The molecule has 2 nitrogen and oxygen atoms in total. The number of rotatable bonds is 2. The van der Waals surface area contributed by atoms with Gasteiger partial charge in [-0.15, -0.1) is 0 Å². The third-order valence-corrected chi connectivity index (χ3v) is 3.59. The lowest BCUT2D eigenvalue weighted by molar-refractivity contribution is -0.182. The highest BCUT2D eigenvalue weighted by molar-refractivity contribution is 5.48. The van der Waals surface area contributed by atoms with Crippen molar-refractivity contribution in [1.29, 1.82) is 0 Å². The van der Waals surface area contributed by atoms with Crippen LogP contribution in [0.5, 0.6) is 0 Å². The minimum absolute atomic E-state index is 0.131. The maximum absolute atomic E-state index is 12.5. The van der Waals surface area contributed by atoms with Crippen molar-refractivity contribution in [2.75, 3.05) is 5.32 Å². The van der Waals surface area contributed by atoms with E-state index in [9.17, 15) is 13.2 Å². The Bertz CT molecular complexity index is 395. The second-order valence-electron chi connectivity index (χ2n) is 4.93. The van der Waals surface area contributed by atoms with Gasteiger partial charge in [-0.25, -0.2) is 0 Å². The Kier molecular flexibility index (Phi) is 3.78. The number of pyridine rings is 1. The van der Waals surface area contributed by atoms with Crippen LogP contribution in [-0.4, -0.2) is 17.2 Å². The molecule has 1 aliphatic rings. The summed E-state index contributed by atoms with van der Waals surface area (Å²) >= 11 is 0. The molecule has 1 saturated carbocycles. The maximum Gasteiger partial charge on any atom is 0.391 e. The number of hydrogen-bond acceptors (Lipinski definition) is 2. The van der Waals surface area contributed by atoms with Crippen molar-refractivity contribution in [2.45, 2.75) is 44.8 Å². The van der Waals surface area contributed by atoms with Crippen molar-refractivity contribution in [3.8, 4) is 0 Å². The molecule has 1 aromatic heterocycles. The molecule has 0 aliphatic heterocycles. The number of aromatic nitrogens is 1. The predicted octanol–water partition coefficient (Wildman–Crippen LogP) is 3.92. The van der Waals surface area contributed by atoms with E-state index in [2.05, 4.69) is 10.3 Å². The van der Waals surface area contributed by atoms with Crippen molar-refractivity contribution in [2.24, 2.45) is 5.92 Å². The van der Waals surface area contributed by atoms with Gasteiger partial charge in [0.15, 0.2) is 0 Å². The molecule has 0 radical (unpaired) electrons. The van der Waals surface area contributed by atoms with E-state index in [4.69, 9.17) is 0 Å². The van der Waals surface area contributed by atoms with Crippen LogP contribution in [0.1, 0.15) is 31.2 Å². The fourth-order valence-electron chi connectivity index (χ4n) is 2.40. The standard InChI is InChI=1S/C13H17F3N2/c1-9-6-7-17-8-12(9)18-11-4-2-10(3-5-11)13(14,15)16/h6-8,10-11,18H,2-5H2,1H3. The van der Waals surface area contributed by atoms with E-state index in [-0.39, 0.29) is 18.9 Å². The van der Waals surface area contributed by atoms with Crippen molar-refractivity contribution < 1.29 is 13.2 Å². The van der Waals surface area contributed by atoms with Gasteiger partial charge >= 0.3 is 6.18 Å². The SMILES string of the molecule is Cc1ccncc1NC1CCC(C(F)(F)F)CC1. The molecule has 1 aliphatic carbocycles. The molecule has 0 unspecified atom stereocenters. The molecule has 0 aromatic carbocycles. The minimum atomic E-state index is -4.03. The number of hydrogen-bond donors (Lipinski definition) is 1. The summed E-state index contributed by atoms with van der Waals surface area (Å²) in [5.74, 6) is -1.12. The van der Waals surface area contributed by atoms with Crippen LogP contribution in [0.4, 0.5) is 18.9 Å². The van der Waals surface area contributed by atoms with Gasteiger partial charge in [-0.3, -0.25) is 4.98 Å². The summed E-state index contributed by atoms with van der Waals surface area (Å²) in [4.78, 5) is 4.02. The van der Waals surface area contributed by atoms with Crippen LogP contribution in [0, 0.1) is 12.8 Å². The first-order valence-corrected chi connectivity index (χ1v) is 6.20. The molecule has 100 valence electrons. The molecule has 1 fully saturated rings. The number of nitrogens with one attached hydrogen (secondary N) is 1. The fraction of sp³-hybridized carbons (Fsp3) is 0.615. The van der Waals surface area contributed by atoms with Crippen LogP contribution in [0.3, 0.4) is 0 Å². The first-order chi connectivity index (χ1) is 8.47. The predicted molar refractivity (Wildman–Crippen MR) is 64.4 cm³/mol. The van der Waals surface area contributed by atoms with Crippen LogP contribution in [-0.2, 0) is 0 Å². The Morgan fingerprint density at radius 3 is 2.44 bits per heavy atom. The van der Waals surface area contributed by atoms with E-state index < -0.39 is 12.1 Å².